The predicted molar refractivity (Wildman–Crippen MR) is 61.1 cm³/mol. The molecule has 16 heavy (non-hydrogen) atoms. The predicted octanol–water partition coefficient (Wildman–Crippen LogP) is 2.92. The first-order chi connectivity index (χ1) is 7.76. The van der Waals surface area contributed by atoms with Crippen molar-refractivity contribution in [2.45, 2.75) is 5.75 Å². The molecule has 2 aromatic rings. The lowest BCUT2D eigenvalue weighted by Crippen LogP contribution is -1.90. The van der Waals surface area contributed by atoms with E-state index in [0.717, 1.165) is 0 Å². The Morgan fingerprint density at radius 3 is 2.94 bits per heavy atom. The van der Waals surface area contributed by atoms with Crippen LogP contribution in [0.3, 0.4) is 0 Å². The summed E-state index contributed by atoms with van der Waals surface area (Å²) in [6.45, 7) is 0. The average molecular weight is 239 g/mol. The summed E-state index contributed by atoms with van der Waals surface area (Å²) in [5, 5.41) is 3.75. The fourth-order valence-electron chi connectivity index (χ4n) is 1.42. The summed E-state index contributed by atoms with van der Waals surface area (Å²) in [5.41, 5.74) is 0.939. The summed E-state index contributed by atoms with van der Waals surface area (Å²) in [5.74, 6) is 0.808. The standard InChI is InChI=1S/C11H10FNO2S/c1-14-9-4-2-3-8(12)11(9)10-5-7(6-16)13-15-10/h2-5,16H,6H2,1H3. The van der Waals surface area contributed by atoms with Gasteiger partial charge in [0, 0.05) is 11.8 Å². The van der Waals surface area contributed by atoms with Gasteiger partial charge in [-0.15, -0.1) is 0 Å². The third-order valence-electron chi connectivity index (χ3n) is 2.16. The van der Waals surface area contributed by atoms with Crippen molar-refractivity contribution in [1.82, 2.24) is 5.16 Å². The molecule has 84 valence electrons. The van der Waals surface area contributed by atoms with Crippen molar-refractivity contribution < 1.29 is 13.7 Å². The van der Waals surface area contributed by atoms with Crippen molar-refractivity contribution in [3.8, 4) is 17.1 Å². The van der Waals surface area contributed by atoms with Crippen molar-refractivity contribution in [2.75, 3.05) is 7.11 Å². The molecule has 0 aliphatic rings. The summed E-state index contributed by atoms with van der Waals surface area (Å²) in [6.07, 6.45) is 0. The summed E-state index contributed by atoms with van der Waals surface area (Å²) in [4.78, 5) is 0. The maximum absolute atomic E-state index is 13.6. The first kappa shape index (κ1) is 11.0. The second-order valence-corrected chi connectivity index (χ2v) is 3.47. The molecular weight excluding hydrogens is 229 g/mol. The zero-order chi connectivity index (χ0) is 11.5. The molecule has 1 aromatic heterocycles. The lowest BCUT2D eigenvalue weighted by Gasteiger charge is -2.05. The molecule has 0 aliphatic carbocycles. The fraction of sp³-hybridized carbons (Fsp3) is 0.182. The maximum atomic E-state index is 13.6. The minimum Gasteiger partial charge on any atom is -0.496 e. The Morgan fingerprint density at radius 2 is 2.31 bits per heavy atom. The van der Waals surface area contributed by atoms with Gasteiger partial charge >= 0.3 is 0 Å². The van der Waals surface area contributed by atoms with E-state index in [9.17, 15) is 4.39 Å². The van der Waals surface area contributed by atoms with Crippen LogP contribution in [0.2, 0.25) is 0 Å². The third kappa shape index (κ3) is 1.90. The molecule has 1 aromatic carbocycles. The number of rotatable bonds is 3. The van der Waals surface area contributed by atoms with Gasteiger partial charge in [0.15, 0.2) is 5.76 Å². The molecule has 0 radical (unpaired) electrons. The van der Waals surface area contributed by atoms with Crippen LogP contribution in [0.15, 0.2) is 28.8 Å². The molecule has 0 saturated heterocycles. The van der Waals surface area contributed by atoms with E-state index in [4.69, 9.17) is 9.26 Å². The minimum absolute atomic E-state index is 0.283. The quantitative estimate of drug-likeness (QED) is 0.836. The van der Waals surface area contributed by atoms with E-state index >= 15 is 0 Å². The molecule has 0 N–H and O–H groups in total. The second-order valence-electron chi connectivity index (χ2n) is 3.16. The monoisotopic (exact) mass is 239 g/mol. The summed E-state index contributed by atoms with van der Waals surface area (Å²) < 4.78 is 23.8. The Morgan fingerprint density at radius 1 is 1.50 bits per heavy atom. The molecular formula is C11H10FNO2S. The molecule has 0 saturated carbocycles. The lowest BCUT2D eigenvalue weighted by atomic mass is 10.1. The lowest BCUT2D eigenvalue weighted by molar-refractivity contribution is 0.400. The van der Waals surface area contributed by atoms with E-state index in [1.165, 1.54) is 13.2 Å². The Kier molecular flexibility index (Phi) is 3.14. The van der Waals surface area contributed by atoms with Crippen molar-refractivity contribution in [3.63, 3.8) is 0 Å². The number of aromatic nitrogens is 1. The number of nitrogens with zero attached hydrogens (tertiary/aromatic N) is 1. The van der Waals surface area contributed by atoms with Crippen LogP contribution in [-0.2, 0) is 5.75 Å². The second kappa shape index (κ2) is 4.57. The van der Waals surface area contributed by atoms with Crippen LogP contribution >= 0.6 is 12.6 Å². The smallest absolute Gasteiger partial charge is 0.173 e. The van der Waals surface area contributed by atoms with Crippen LogP contribution < -0.4 is 4.74 Å². The average Bonchev–Trinajstić information content (AvgIpc) is 2.76. The molecule has 0 bridgehead atoms. The highest BCUT2D eigenvalue weighted by Crippen LogP contribution is 2.32. The number of thiol groups is 1. The van der Waals surface area contributed by atoms with Gasteiger partial charge in [-0.05, 0) is 12.1 Å². The summed E-state index contributed by atoms with van der Waals surface area (Å²) >= 11 is 4.06. The van der Waals surface area contributed by atoms with Gasteiger partial charge in [0.25, 0.3) is 0 Å². The van der Waals surface area contributed by atoms with Crippen molar-refractivity contribution in [2.24, 2.45) is 0 Å². The van der Waals surface area contributed by atoms with E-state index in [2.05, 4.69) is 17.8 Å². The maximum Gasteiger partial charge on any atom is 0.173 e. The highest BCUT2D eigenvalue weighted by molar-refractivity contribution is 7.79. The molecule has 3 nitrogen and oxygen atoms in total. The van der Waals surface area contributed by atoms with Gasteiger partial charge in [-0.25, -0.2) is 4.39 Å². The molecule has 0 amide bonds. The molecule has 5 heteroatoms. The molecule has 0 atom stereocenters. The number of hydrogen-bond donors (Lipinski definition) is 1. The van der Waals surface area contributed by atoms with Crippen molar-refractivity contribution in [1.29, 1.82) is 0 Å². The van der Waals surface area contributed by atoms with Gasteiger partial charge in [0.1, 0.15) is 11.6 Å². The topological polar surface area (TPSA) is 35.3 Å². The van der Waals surface area contributed by atoms with E-state index in [0.29, 0.717) is 23.0 Å². The minimum atomic E-state index is -0.402. The van der Waals surface area contributed by atoms with E-state index in [-0.39, 0.29) is 5.56 Å². The van der Waals surface area contributed by atoms with E-state index in [1.54, 1.807) is 18.2 Å². The first-order valence-corrected chi connectivity index (χ1v) is 5.29. The Bertz CT molecular complexity index is 498. The van der Waals surface area contributed by atoms with Crippen LogP contribution in [-0.4, -0.2) is 12.3 Å². The van der Waals surface area contributed by atoms with Gasteiger partial charge in [0.05, 0.1) is 18.4 Å². The Labute approximate surface area is 97.6 Å². The normalized spacial score (nSPS) is 10.4. The molecule has 0 spiro atoms. The van der Waals surface area contributed by atoms with Gasteiger partial charge in [-0.1, -0.05) is 11.2 Å². The van der Waals surface area contributed by atoms with Gasteiger partial charge in [-0.3, -0.25) is 0 Å². The van der Waals surface area contributed by atoms with Gasteiger partial charge in [-0.2, -0.15) is 12.6 Å². The van der Waals surface area contributed by atoms with Crippen molar-refractivity contribution >= 4 is 12.6 Å². The fourth-order valence-corrected chi connectivity index (χ4v) is 1.57. The molecule has 0 aliphatic heterocycles. The van der Waals surface area contributed by atoms with E-state index < -0.39 is 5.82 Å². The zero-order valence-corrected chi connectivity index (χ0v) is 9.50. The Balaban J connectivity index is 2.53. The van der Waals surface area contributed by atoms with Crippen LogP contribution in [0.1, 0.15) is 5.69 Å². The molecule has 0 fully saturated rings. The first-order valence-electron chi connectivity index (χ1n) is 4.65. The third-order valence-corrected chi connectivity index (χ3v) is 2.49. The Hall–Kier alpha value is -1.49. The van der Waals surface area contributed by atoms with Crippen LogP contribution in [0.25, 0.3) is 11.3 Å². The van der Waals surface area contributed by atoms with E-state index in [1.807, 2.05) is 0 Å². The van der Waals surface area contributed by atoms with Gasteiger partial charge < -0.3 is 9.26 Å². The molecule has 1 heterocycles. The van der Waals surface area contributed by atoms with Crippen LogP contribution in [0, 0.1) is 5.82 Å². The SMILES string of the molecule is COc1cccc(F)c1-c1cc(CS)no1. The summed E-state index contributed by atoms with van der Waals surface area (Å²) in [6, 6.07) is 6.24. The highest BCUT2D eigenvalue weighted by atomic mass is 32.1. The van der Waals surface area contributed by atoms with Crippen LogP contribution in [0.4, 0.5) is 4.39 Å². The van der Waals surface area contributed by atoms with Crippen LogP contribution in [0.5, 0.6) is 5.75 Å². The number of benzene rings is 1. The number of ether oxygens (including phenoxy) is 1. The number of methoxy groups -OCH3 is 1. The highest BCUT2D eigenvalue weighted by Gasteiger charge is 2.16. The largest absolute Gasteiger partial charge is 0.496 e. The number of hydrogen-bond acceptors (Lipinski definition) is 4. The zero-order valence-electron chi connectivity index (χ0n) is 8.61. The van der Waals surface area contributed by atoms with Gasteiger partial charge in [0.2, 0.25) is 0 Å². The summed E-state index contributed by atoms with van der Waals surface area (Å²) in [7, 11) is 1.48. The number of halogens is 1. The van der Waals surface area contributed by atoms with Crippen molar-refractivity contribution in [3.05, 3.63) is 35.8 Å². The molecule has 0 unspecified atom stereocenters. The molecule has 2 rings (SSSR count).